The molecule has 25 heavy (non-hydrogen) atoms. The summed E-state index contributed by atoms with van der Waals surface area (Å²) in [4.78, 5) is 0.275. The maximum absolute atomic E-state index is 13.0. The van der Waals surface area contributed by atoms with Crippen molar-refractivity contribution in [3.8, 4) is 11.3 Å². The smallest absolute Gasteiger partial charge is 0.243 e. The van der Waals surface area contributed by atoms with Crippen LogP contribution in [0.4, 0.5) is 0 Å². The van der Waals surface area contributed by atoms with Crippen molar-refractivity contribution < 1.29 is 12.9 Å². The third-order valence-electron chi connectivity index (χ3n) is 4.04. The number of sulfonamides is 1. The molecule has 0 amide bonds. The van der Waals surface area contributed by atoms with Gasteiger partial charge in [-0.3, -0.25) is 0 Å². The Morgan fingerprint density at radius 2 is 1.76 bits per heavy atom. The number of nitrogens with zero attached hydrogens (tertiary/aromatic N) is 2. The van der Waals surface area contributed by atoms with Crippen molar-refractivity contribution in [1.82, 2.24) is 9.46 Å². The molecule has 6 heteroatoms. The summed E-state index contributed by atoms with van der Waals surface area (Å²) in [5.74, 6) is 0.555. The average Bonchev–Trinajstić information content (AvgIpc) is 3.02. The summed E-state index contributed by atoms with van der Waals surface area (Å²) >= 11 is 0. The molecule has 0 atom stereocenters. The normalized spacial score (nSPS) is 11.8. The summed E-state index contributed by atoms with van der Waals surface area (Å²) in [5.41, 5.74) is 3.08. The highest BCUT2D eigenvalue weighted by Gasteiger charge is 2.24. The molecule has 0 N–H and O–H groups in total. The van der Waals surface area contributed by atoms with Crippen molar-refractivity contribution in [2.75, 3.05) is 7.05 Å². The third kappa shape index (κ3) is 3.65. The van der Waals surface area contributed by atoms with E-state index in [-0.39, 0.29) is 4.90 Å². The van der Waals surface area contributed by atoms with Crippen LogP contribution < -0.4 is 0 Å². The van der Waals surface area contributed by atoms with Crippen molar-refractivity contribution >= 4 is 10.0 Å². The molecule has 3 aromatic rings. The highest BCUT2D eigenvalue weighted by atomic mass is 32.2. The van der Waals surface area contributed by atoms with E-state index in [2.05, 4.69) is 5.16 Å². The zero-order chi connectivity index (χ0) is 18.0. The zero-order valence-corrected chi connectivity index (χ0v) is 15.2. The first-order valence-corrected chi connectivity index (χ1v) is 9.36. The number of hydrogen-bond donors (Lipinski definition) is 0. The van der Waals surface area contributed by atoms with E-state index in [4.69, 9.17) is 4.52 Å². The van der Waals surface area contributed by atoms with Gasteiger partial charge in [0.2, 0.25) is 10.0 Å². The van der Waals surface area contributed by atoms with Gasteiger partial charge in [0.1, 0.15) is 0 Å². The number of hydrogen-bond acceptors (Lipinski definition) is 4. The van der Waals surface area contributed by atoms with Crippen LogP contribution in [0.1, 0.15) is 16.8 Å². The first-order chi connectivity index (χ1) is 11.9. The Bertz CT molecular complexity index is 979. The molecule has 0 aliphatic heterocycles. The monoisotopic (exact) mass is 356 g/mol. The lowest BCUT2D eigenvalue weighted by Gasteiger charge is -2.19. The van der Waals surface area contributed by atoms with Crippen molar-refractivity contribution in [1.29, 1.82) is 0 Å². The van der Waals surface area contributed by atoms with Gasteiger partial charge in [0.25, 0.3) is 0 Å². The van der Waals surface area contributed by atoms with E-state index >= 15 is 0 Å². The van der Waals surface area contributed by atoms with Gasteiger partial charge in [-0.2, -0.15) is 4.31 Å². The van der Waals surface area contributed by atoms with Crippen molar-refractivity contribution in [2.24, 2.45) is 0 Å². The minimum atomic E-state index is -3.62. The first-order valence-electron chi connectivity index (χ1n) is 7.92. The van der Waals surface area contributed by atoms with Crippen molar-refractivity contribution in [3.63, 3.8) is 0 Å². The summed E-state index contributed by atoms with van der Waals surface area (Å²) in [7, 11) is -2.03. The molecular formula is C19H20N2O3S. The molecule has 3 rings (SSSR count). The molecule has 0 aliphatic rings. The maximum Gasteiger partial charge on any atom is 0.243 e. The van der Waals surface area contributed by atoms with E-state index in [1.807, 2.05) is 43.3 Å². The SMILES string of the molecule is Cc1cc(-c2ccc(C)c(S(=O)(=O)N(C)Cc3ccccc3)c2)on1. The van der Waals surface area contributed by atoms with Gasteiger partial charge in [0.15, 0.2) is 5.76 Å². The Hall–Kier alpha value is -2.44. The lowest BCUT2D eigenvalue weighted by Crippen LogP contribution is -2.27. The molecule has 0 unspecified atom stereocenters. The largest absolute Gasteiger partial charge is 0.356 e. The summed E-state index contributed by atoms with van der Waals surface area (Å²) in [5, 5.41) is 3.86. The van der Waals surface area contributed by atoms with Gasteiger partial charge in [0.05, 0.1) is 10.6 Å². The highest BCUT2D eigenvalue weighted by Crippen LogP contribution is 2.27. The molecule has 1 aromatic heterocycles. The third-order valence-corrected chi connectivity index (χ3v) is 5.98. The van der Waals surface area contributed by atoms with Crippen LogP contribution in [0.5, 0.6) is 0 Å². The van der Waals surface area contributed by atoms with Gasteiger partial charge in [-0.05, 0) is 31.0 Å². The standard InChI is InChI=1S/C19H20N2O3S/c1-14-9-10-17(18-11-15(2)20-24-18)12-19(14)25(22,23)21(3)13-16-7-5-4-6-8-16/h4-12H,13H2,1-3H3. The van der Waals surface area contributed by atoms with Crippen LogP contribution in [0, 0.1) is 13.8 Å². The molecule has 0 saturated heterocycles. The fourth-order valence-corrected chi connectivity index (χ4v) is 4.03. The molecule has 0 radical (unpaired) electrons. The molecule has 5 nitrogen and oxygen atoms in total. The van der Waals surface area contributed by atoms with Gasteiger partial charge in [0, 0.05) is 25.2 Å². The van der Waals surface area contributed by atoms with Gasteiger partial charge in [-0.1, -0.05) is 47.6 Å². The van der Waals surface area contributed by atoms with E-state index in [9.17, 15) is 8.42 Å². The molecule has 0 fully saturated rings. The quantitative estimate of drug-likeness (QED) is 0.698. The van der Waals surface area contributed by atoms with Crippen LogP contribution in [0.2, 0.25) is 0 Å². The van der Waals surface area contributed by atoms with Crippen LogP contribution in [0.3, 0.4) is 0 Å². The molecule has 0 saturated carbocycles. The van der Waals surface area contributed by atoms with Gasteiger partial charge < -0.3 is 4.52 Å². The maximum atomic E-state index is 13.0. The van der Waals surface area contributed by atoms with Crippen LogP contribution in [-0.2, 0) is 16.6 Å². The number of aryl methyl sites for hydroxylation is 2. The molecule has 0 bridgehead atoms. The van der Waals surface area contributed by atoms with Gasteiger partial charge in [-0.15, -0.1) is 0 Å². The molecule has 0 aliphatic carbocycles. The van der Waals surface area contributed by atoms with Crippen LogP contribution in [0.15, 0.2) is 64.0 Å². The van der Waals surface area contributed by atoms with Crippen molar-refractivity contribution in [2.45, 2.75) is 25.3 Å². The Labute approximate surface area is 147 Å². The number of aromatic nitrogens is 1. The van der Waals surface area contributed by atoms with E-state index < -0.39 is 10.0 Å². The summed E-state index contributed by atoms with van der Waals surface area (Å²) < 4.78 is 32.7. The van der Waals surface area contributed by atoms with E-state index in [1.165, 1.54) is 4.31 Å². The molecule has 0 spiro atoms. The Morgan fingerprint density at radius 3 is 2.40 bits per heavy atom. The summed E-state index contributed by atoms with van der Waals surface area (Å²) in [6.07, 6.45) is 0. The Balaban J connectivity index is 1.96. The van der Waals surface area contributed by atoms with E-state index in [0.29, 0.717) is 23.4 Å². The average molecular weight is 356 g/mol. The highest BCUT2D eigenvalue weighted by molar-refractivity contribution is 7.89. The second kappa shape index (κ2) is 6.82. The zero-order valence-electron chi connectivity index (χ0n) is 14.4. The van der Waals surface area contributed by atoms with E-state index in [0.717, 1.165) is 11.3 Å². The Morgan fingerprint density at radius 1 is 1.04 bits per heavy atom. The van der Waals surface area contributed by atoms with Crippen molar-refractivity contribution in [3.05, 3.63) is 71.4 Å². The summed E-state index contributed by atoms with van der Waals surface area (Å²) in [6.45, 7) is 3.93. The molecule has 2 aromatic carbocycles. The molecule has 1 heterocycles. The minimum absolute atomic E-state index is 0.275. The molecule has 130 valence electrons. The number of benzene rings is 2. The molecular weight excluding hydrogens is 336 g/mol. The first kappa shape index (κ1) is 17.4. The predicted molar refractivity (Wildman–Crippen MR) is 96.5 cm³/mol. The minimum Gasteiger partial charge on any atom is -0.356 e. The van der Waals surface area contributed by atoms with Crippen LogP contribution >= 0.6 is 0 Å². The fourth-order valence-electron chi connectivity index (χ4n) is 2.62. The fraction of sp³-hybridized carbons (Fsp3) is 0.211. The van der Waals surface area contributed by atoms with Crippen LogP contribution in [0.25, 0.3) is 11.3 Å². The number of rotatable bonds is 5. The second-order valence-electron chi connectivity index (χ2n) is 6.06. The Kier molecular flexibility index (Phi) is 4.74. The lowest BCUT2D eigenvalue weighted by atomic mass is 10.1. The van der Waals surface area contributed by atoms with E-state index in [1.54, 1.807) is 32.2 Å². The topological polar surface area (TPSA) is 63.4 Å². The van der Waals surface area contributed by atoms with Gasteiger partial charge in [-0.25, -0.2) is 8.42 Å². The van der Waals surface area contributed by atoms with Crippen LogP contribution in [-0.4, -0.2) is 24.9 Å². The second-order valence-corrected chi connectivity index (χ2v) is 8.07. The predicted octanol–water partition coefficient (Wildman–Crippen LogP) is 3.78. The van der Waals surface area contributed by atoms with Gasteiger partial charge >= 0.3 is 0 Å². The lowest BCUT2D eigenvalue weighted by molar-refractivity contribution is 0.427. The summed E-state index contributed by atoms with van der Waals surface area (Å²) in [6, 6.07) is 16.6.